The van der Waals surface area contributed by atoms with Crippen LogP contribution in [0.15, 0.2) is 41.2 Å². The van der Waals surface area contributed by atoms with Crippen molar-refractivity contribution in [2.75, 3.05) is 21.3 Å². The number of hydrogen-bond donors (Lipinski definition) is 2. The first-order valence-electron chi connectivity index (χ1n) is 9.74. The molecule has 0 aliphatic heterocycles. The summed E-state index contributed by atoms with van der Waals surface area (Å²) in [5, 5.41) is 4.95. The Hall–Kier alpha value is -4.08. The maximum atomic E-state index is 12.9. The van der Waals surface area contributed by atoms with E-state index in [9.17, 15) is 14.4 Å². The van der Waals surface area contributed by atoms with Crippen LogP contribution in [0.2, 0.25) is 0 Å². The molecular weight excluding hydrogens is 416 g/mol. The smallest absolute Gasteiger partial charge is 0.290 e. The molecule has 0 aliphatic carbocycles. The van der Waals surface area contributed by atoms with Gasteiger partial charge >= 0.3 is 0 Å². The number of carbonyl (C=O) groups excluding carboxylic acids is 2. The van der Waals surface area contributed by atoms with Crippen LogP contribution in [0.1, 0.15) is 40.7 Å². The Kier molecular flexibility index (Phi) is 6.62. The van der Waals surface area contributed by atoms with E-state index in [0.29, 0.717) is 28.0 Å². The van der Waals surface area contributed by atoms with E-state index in [2.05, 4.69) is 16.0 Å². The van der Waals surface area contributed by atoms with Crippen molar-refractivity contribution in [3.8, 4) is 17.2 Å². The molecule has 2 amide bonds. The Bertz CT molecular complexity index is 1210. The lowest BCUT2D eigenvalue weighted by Gasteiger charge is -2.15. The number of aromatic nitrogens is 2. The van der Waals surface area contributed by atoms with Crippen LogP contribution in [0.4, 0.5) is 0 Å². The number of hydrazine groups is 1. The fourth-order valence-electron chi connectivity index (χ4n) is 3.18. The van der Waals surface area contributed by atoms with Crippen molar-refractivity contribution in [3.05, 3.63) is 58.0 Å². The summed E-state index contributed by atoms with van der Waals surface area (Å²) < 4.78 is 17.0. The highest BCUT2D eigenvalue weighted by molar-refractivity contribution is 6.06. The third kappa shape index (κ3) is 4.20. The lowest BCUT2D eigenvalue weighted by molar-refractivity contribution is 0.0843. The summed E-state index contributed by atoms with van der Waals surface area (Å²) in [6, 6.07) is 9.32. The van der Waals surface area contributed by atoms with Gasteiger partial charge in [-0.1, -0.05) is 18.2 Å². The monoisotopic (exact) mass is 440 g/mol. The van der Waals surface area contributed by atoms with Gasteiger partial charge < -0.3 is 14.2 Å². The van der Waals surface area contributed by atoms with E-state index >= 15 is 0 Å². The van der Waals surface area contributed by atoms with Gasteiger partial charge in [0.2, 0.25) is 5.75 Å². The van der Waals surface area contributed by atoms with Gasteiger partial charge in [0.1, 0.15) is 0 Å². The lowest BCUT2D eigenvalue weighted by Crippen LogP contribution is -2.43. The highest BCUT2D eigenvalue weighted by Crippen LogP contribution is 2.38. The summed E-state index contributed by atoms with van der Waals surface area (Å²) >= 11 is 0. The Labute approximate surface area is 184 Å². The van der Waals surface area contributed by atoms with E-state index in [1.807, 2.05) is 0 Å². The largest absolute Gasteiger partial charge is 0.493 e. The standard InChI is InChI=1S/C22H24N4O6/c1-12(2)26-22(29)15-9-7-6-8-14(15)18(25-26)21(28)24-23-20(27)13-10-16(30-3)19(32-5)17(11-13)31-4/h6-12H,1-5H3,(H,23,27)(H,24,28). The van der Waals surface area contributed by atoms with Gasteiger partial charge in [-0.25, -0.2) is 4.68 Å². The zero-order valence-electron chi connectivity index (χ0n) is 18.4. The molecular formula is C22H24N4O6. The Balaban J connectivity index is 1.90. The quantitative estimate of drug-likeness (QED) is 0.563. The molecule has 3 aromatic rings. The fraction of sp³-hybridized carbons (Fsp3) is 0.273. The number of methoxy groups -OCH3 is 3. The minimum atomic E-state index is -0.670. The van der Waals surface area contributed by atoms with Crippen LogP contribution < -0.4 is 30.6 Å². The Morgan fingerprint density at radius 3 is 2.00 bits per heavy atom. The summed E-state index contributed by atoms with van der Waals surface area (Å²) in [4.78, 5) is 38.1. The van der Waals surface area contributed by atoms with Crippen LogP contribution in [-0.2, 0) is 0 Å². The second-order valence-electron chi connectivity index (χ2n) is 7.06. The number of fused-ring (bicyclic) bond motifs is 1. The van der Waals surface area contributed by atoms with E-state index in [-0.39, 0.29) is 22.9 Å². The molecule has 10 nitrogen and oxygen atoms in total. The molecule has 0 saturated carbocycles. The molecule has 0 saturated heterocycles. The molecule has 2 N–H and O–H groups in total. The van der Waals surface area contributed by atoms with Gasteiger partial charge in [-0.3, -0.25) is 25.2 Å². The molecule has 0 bridgehead atoms. The van der Waals surface area contributed by atoms with Crippen LogP contribution in [-0.4, -0.2) is 42.9 Å². The molecule has 3 rings (SSSR count). The van der Waals surface area contributed by atoms with Gasteiger partial charge in [0, 0.05) is 10.9 Å². The molecule has 2 aromatic carbocycles. The zero-order valence-corrected chi connectivity index (χ0v) is 18.4. The predicted molar refractivity (Wildman–Crippen MR) is 117 cm³/mol. The topological polar surface area (TPSA) is 121 Å². The third-order valence-electron chi connectivity index (χ3n) is 4.75. The molecule has 1 heterocycles. The first-order chi connectivity index (χ1) is 15.3. The van der Waals surface area contributed by atoms with Crippen molar-refractivity contribution in [3.63, 3.8) is 0 Å². The number of ether oxygens (including phenoxy) is 3. The molecule has 168 valence electrons. The predicted octanol–water partition coefficient (Wildman–Crippen LogP) is 2.08. The molecule has 0 spiro atoms. The number of amides is 2. The van der Waals surface area contributed by atoms with Crippen molar-refractivity contribution < 1.29 is 23.8 Å². The lowest BCUT2D eigenvalue weighted by atomic mass is 10.1. The van der Waals surface area contributed by atoms with Crippen molar-refractivity contribution in [2.24, 2.45) is 0 Å². The molecule has 0 atom stereocenters. The van der Waals surface area contributed by atoms with Crippen molar-refractivity contribution in [2.45, 2.75) is 19.9 Å². The highest BCUT2D eigenvalue weighted by atomic mass is 16.5. The maximum Gasteiger partial charge on any atom is 0.290 e. The summed E-state index contributed by atoms with van der Waals surface area (Å²) in [5.74, 6) is -0.363. The second-order valence-corrected chi connectivity index (χ2v) is 7.06. The van der Waals surface area contributed by atoms with Gasteiger partial charge in [-0.2, -0.15) is 5.10 Å². The minimum Gasteiger partial charge on any atom is -0.493 e. The summed E-state index contributed by atoms with van der Waals surface area (Å²) in [5.41, 5.74) is 4.58. The molecule has 0 unspecified atom stereocenters. The number of benzene rings is 2. The van der Waals surface area contributed by atoms with Gasteiger partial charge in [-0.15, -0.1) is 0 Å². The normalized spacial score (nSPS) is 10.7. The highest BCUT2D eigenvalue weighted by Gasteiger charge is 2.20. The number of rotatable bonds is 6. The first kappa shape index (κ1) is 22.6. The summed E-state index contributed by atoms with van der Waals surface area (Å²) in [7, 11) is 4.32. The Morgan fingerprint density at radius 1 is 0.906 bits per heavy atom. The van der Waals surface area contributed by atoms with Gasteiger partial charge in [-0.05, 0) is 32.0 Å². The maximum absolute atomic E-state index is 12.9. The van der Waals surface area contributed by atoms with E-state index in [1.54, 1.807) is 38.1 Å². The summed E-state index contributed by atoms with van der Waals surface area (Å²) in [6.45, 7) is 3.58. The summed E-state index contributed by atoms with van der Waals surface area (Å²) in [6.07, 6.45) is 0. The van der Waals surface area contributed by atoms with E-state index < -0.39 is 11.8 Å². The van der Waals surface area contributed by atoms with Crippen LogP contribution in [0.25, 0.3) is 10.8 Å². The van der Waals surface area contributed by atoms with Crippen LogP contribution in [0.5, 0.6) is 17.2 Å². The van der Waals surface area contributed by atoms with Crippen molar-refractivity contribution >= 4 is 22.6 Å². The van der Waals surface area contributed by atoms with E-state index in [1.165, 1.54) is 38.1 Å². The van der Waals surface area contributed by atoms with Crippen molar-refractivity contribution in [1.29, 1.82) is 0 Å². The second kappa shape index (κ2) is 9.38. The Morgan fingerprint density at radius 2 is 1.47 bits per heavy atom. The van der Waals surface area contributed by atoms with Crippen LogP contribution in [0, 0.1) is 0 Å². The van der Waals surface area contributed by atoms with E-state index in [0.717, 1.165) is 0 Å². The average molecular weight is 440 g/mol. The average Bonchev–Trinajstić information content (AvgIpc) is 2.81. The van der Waals surface area contributed by atoms with Gasteiger partial charge in [0.25, 0.3) is 17.4 Å². The zero-order chi connectivity index (χ0) is 23.4. The minimum absolute atomic E-state index is 0.0130. The first-order valence-corrected chi connectivity index (χ1v) is 9.74. The SMILES string of the molecule is COc1cc(C(=O)NNC(=O)c2nn(C(C)C)c(=O)c3ccccc23)cc(OC)c1OC. The number of carbonyl (C=O) groups is 2. The van der Waals surface area contributed by atoms with Crippen molar-refractivity contribution in [1.82, 2.24) is 20.6 Å². The fourth-order valence-corrected chi connectivity index (χ4v) is 3.18. The van der Waals surface area contributed by atoms with Gasteiger partial charge in [0.05, 0.1) is 32.8 Å². The number of nitrogens with one attached hydrogen (secondary N) is 2. The molecule has 0 aliphatic rings. The molecule has 0 radical (unpaired) electrons. The molecule has 32 heavy (non-hydrogen) atoms. The third-order valence-corrected chi connectivity index (χ3v) is 4.75. The molecule has 1 aromatic heterocycles. The number of hydrogen-bond acceptors (Lipinski definition) is 7. The van der Waals surface area contributed by atoms with E-state index in [4.69, 9.17) is 14.2 Å². The molecule has 0 fully saturated rings. The van der Waals surface area contributed by atoms with Crippen LogP contribution in [0.3, 0.4) is 0 Å². The molecule has 10 heteroatoms. The van der Waals surface area contributed by atoms with Crippen LogP contribution >= 0.6 is 0 Å². The number of nitrogens with zero attached hydrogens (tertiary/aromatic N) is 2. The van der Waals surface area contributed by atoms with Gasteiger partial charge in [0.15, 0.2) is 17.2 Å².